The Bertz CT molecular complexity index is 1080. The van der Waals surface area contributed by atoms with E-state index in [1.165, 1.54) is 19.1 Å². The fourth-order valence-electron chi connectivity index (χ4n) is 3.51. The van der Waals surface area contributed by atoms with Gasteiger partial charge < -0.3 is 10.2 Å². The lowest BCUT2D eigenvalue weighted by atomic mass is 9.99. The number of aromatic nitrogens is 2. The highest BCUT2D eigenvalue weighted by Crippen LogP contribution is 2.29. The molecule has 2 N–H and O–H groups in total. The summed E-state index contributed by atoms with van der Waals surface area (Å²) < 4.78 is 13.8. The molecule has 0 saturated carbocycles. The van der Waals surface area contributed by atoms with Gasteiger partial charge in [-0.3, -0.25) is 14.6 Å². The van der Waals surface area contributed by atoms with Gasteiger partial charge in [0.1, 0.15) is 5.82 Å². The summed E-state index contributed by atoms with van der Waals surface area (Å²) in [6.07, 6.45) is 0.620. The van der Waals surface area contributed by atoms with Crippen molar-refractivity contribution in [3.8, 4) is 0 Å². The van der Waals surface area contributed by atoms with Crippen LogP contribution in [0, 0.1) is 5.82 Å². The van der Waals surface area contributed by atoms with Gasteiger partial charge in [-0.05, 0) is 41.8 Å². The fourth-order valence-corrected chi connectivity index (χ4v) is 3.51. The maximum Gasteiger partial charge on any atom is 0.260 e. The Morgan fingerprint density at radius 2 is 2.11 bits per heavy atom. The Hall–Kier alpha value is -3.22. The number of fused-ring (bicyclic) bond motifs is 2. The molecule has 2 aromatic carbocycles. The molecular formula is C20H19FN4O2. The van der Waals surface area contributed by atoms with Crippen LogP contribution >= 0.6 is 0 Å². The van der Waals surface area contributed by atoms with Crippen molar-refractivity contribution in [1.82, 2.24) is 14.9 Å². The van der Waals surface area contributed by atoms with Crippen LogP contribution in [0.15, 0.2) is 47.3 Å². The van der Waals surface area contributed by atoms with E-state index in [1.807, 2.05) is 6.07 Å². The number of anilines is 1. The molecule has 7 heteroatoms. The van der Waals surface area contributed by atoms with Crippen LogP contribution in [0.4, 0.5) is 10.3 Å². The Morgan fingerprint density at radius 1 is 1.30 bits per heavy atom. The molecule has 0 saturated heterocycles. The van der Waals surface area contributed by atoms with E-state index >= 15 is 0 Å². The third-order valence-corrected chi connectivity index (χ3v) is 4.90. The Labute approximate surface area is 155 Å². The number of carbonyl (C=O) groups is 1. The molecule has 1 aliphatic heterocycles. The van der Waals surface area contributed by atoms with Gasteiger partial charge in [0.05, 0.1) is 16.9 Å². The van der Waals surface area contributed by atoms with Gasteiger partial charge in [0.15, 0.2) is 0 Å². The van der Waals surface area contributed by atoms with Crippen LogP contribution in [-0.4, -0.2) is 27.3 Å². The van der Waals surface area contributed by atoms with Crippen LogP contribution in [0.1, 0.15) is 30.5 Å². The van der Waals surface area contributed by atoms with Crippen molar-refractivity contribution in [3.05, 3.63) is 69.8 Å². The van der Waals surface area contributed by atoms with Crippen molar-refractivity contribution in [1.29, 1.82) is 0 Å². The SMILES string of the molecule is CC(=O)N1CCC(Nc2nc3ccccc3c(=O)[nH]2)c2ccc(F)cc2C1. The van der Waals surface area contributed by atoms with E-state index in [2.05, 4.69) is 15.3 Å². The van der Waals surface area contributed by atoms with Crippen molar-refractivity contribution in [2.45, 2.75) is 25.9 Å². The highest BCUT2D eigenvalue weighted by atomic mass is 19.1. The predicted octanol–water partition coefficient (Wildman–Crippen LogP) is 2.97. The van der Waals surface area contributed by atoms with Crippen molar-refractivity contribution >= 4 is 22.8 Å². The number of hydrogen-bond acceptors (Lipinski definition) is 4. The largest absolute Gasteiger partial charge is 0.349 e. The summed E-state index contributed by atoms with van der Waals surface area (Å²) in [4.78, 5) is 33.1. The molecule has 3 aromatic rings. The molecule has 0 radical (unpaired) electrons. The van der Waals surface area contributed by atoms with Crippen molar-refractivity contribution < 1.29 is 9.18 Å². The molecule has 1 aromatic heterocycles. The predicted molar refractivity (Wildman–Crippen MR) is 101 cm³/mol. The number of para-hydroxylation sites is 1. The van der Waals surface area contributed by atoms with E-state index in [0.717, 1.165) is 11.1 Å². The number of halogens is 1. The number of carbonyl (C=O) groups excluding carboxylic acids is 1. The van der Waals surface area contributed by atoms with E-state index in [9.17, 15) is 14.0 Å². The number of nitrogens with one attached hydrogen (secondary N) is 2. The number of aromatic amines is 1. The maximum atomic E-state index is 13.8. The molecule has 27 heavy (non-hydrogen) atoms. The van der Waals surface area contributed by atoms with Gasteiger partial charge >= 0.3 is 0 Å². The van der Waals surface area contributed by atoms with Gasteiger partial charge in [0, 0.05) is 20.0 Å². The Kier molecular flexibility index (Phi) is 4.35. The minimum atomic E-state index is -0.338. The molecule has 2 heterocycles. The molecular weight excluding hydrogens is 347 g/mol. The topological polar surface area (TPSA) is 78.1 Å². The highest BCUT2D eigenvalue weighted by molar-refractivity contribution is 5.78. The molecule has 0 bridgehead atoms. The molecule has 4 rings (SSSR count). The number of rotatable bonds is 2. The smallest absolute Gasteiger partial charge is 0.260 e. The average Bonchev–Trinajstić information content (AvgIpc) is 2.81. The van der Waals surface area contributed by atoms with E-state index in [0.29, 0.717) is 36.4 Å². The molecule has 6 nitrogen and oxygen atoms in total. The lowest BCUT2D eigenvalue weighted by molar-refractivity contribution is -0.129. The molecule has 0 spiro atoms. The van der Waals surface area contributed by atoms with E-state index < -0.39 is 0 Å². The normalized spacial score (nSPS) is 16.7. The van der Waals surface area contributed by atoms with E-state index in [-0.39, 0.29) is 23.3 Å². The van der Waals surface area contributed by atoms with Gasteiger partial charge in [-0.2, -0.15) is 0 Å². The zero-order chi connectivity index (χ0) is 19.0. The average molecular weight is 366 g/mol. The summed E-state index contributed by atoms with van der Waals surface area (Å²) in [6.45, 7) is 2.40. The first-order valence-corrected chi connectivity index (χ1v) is 8.81. The first-order chi connectivity index (χ1) is 13.0. The van der Waals surface area contributed by atoms with Crippen LogP contribution in [0.2, 0.25) is 0 Å². The molecule has 1 atom stereocenters. The van der Waals surface area contributed by atoms with Gasteiger partial charge in [0.2, 0.25) is 11.9 Å². The zero-order valence-corrected chi connectivity index (χ0v) is 14.8. The van der Waals surface area contributed by atoms with Crippen LogP contribution in [0.3, 0.4) is 0 Å². The molecule has 1 unspecified atom stereocenters. The highest BCUT2D eigenvalue weighted by Gasteiger charge is 2.24. The van der Waals surface area contributed by atoms with E-state index in [4.69, 9.17) is 0 Å². The first-order valence-electron chi connectivity index (χ1n) is 8.81. The molecule has 1 amide bonds. The fraction of sp³-hybridized carbons (Fsp3) is 0.250. The van der Waals surface area contributed by atoms with Gasteiger partial charge in [-0.15, -0.1) is 0 Å². The van der Waals surface area contributed by atoms with Crippen molar-refractivity contribution in [2.75, 3.05) is 11.9 Å². The second-order valence-electron chi connectivity index (χ2n) is 6.70. The Balaban J connectivity index is 1.72. The third kappa shape index (κ3) is 3.40. The van der Waals surface area contributed by atoms with Crippen LogP contribution in [0.25, 0.3) is 10.9 Å². The maximum absolute atomic E-state index is 13.8. The standard InChI is InChI=1S/C20H19FN4O2/c1-12(26)25-9-8-18(15-7-6-14(21)10-13(15)11-25)23-20-22-17-5-3-2-4-16(17)19(27)24-20/h2-7,10,18H,8-9,11H2,1H3,(H2,22,23,24,27). The minimum Gasteiger partial charge on any atom is -0.349 e. The van der Waals surface area contributed by atoms with Gasteiger partial charge in [-0.25, -0.2) is 9.37 Å². The number of nitrogens with zero attached hydrogens (tertiary/aromatic N) is 2. The number of amides is 1. The second kappa shape index (κ2) is 6.83. The summed E-state index contributed by atoms with van der Waals surface area (Å²) >= 11 is 0. The number of hydrogen-bond donors (Lipinski definition) is 2. The first kappa shape index (κ1) is 17.2. The monoisotopic (exact) mass is 366 g/mol. The summed E-state index contributed by atoms with van der Waals surface area (Å²) in [5.74, 6) is -0.0338. The molecule has 0 aliphatic carbocycles. The summed E-state index contributed by atoms with van der Waals surface area (Å²) in [6, 6.07) is 11.5. The van der Waals surface area contributed by atoms with Crippen molar-refractivity contribution in [3.63, 3.8) is 0 Å². The Morgan fingerprint density at radius 3 is 2.93 bits per heavy atom. The quantitative estimate of drug-likeness (QED) is 0.731. The lowest BCUT2D eigenvalue weighted by Gasteiger charge is -2.20. The number of benzene rings is 2. The summed E-state index contributed by atoms with van der Waals surface area (Å²) in [5, 5.41) is 3.78. The summed E-state index contributed by atoms with van der Waals surface area (Å²) in [5.41, 5.74) is 2.03. The molecule has 1 aliphatic rings. The van der Waals surface area contributed by atoms with Gasteiger partial charge in [-0.1, -0.05) is 18.2 Å². The van der Waals surface area contributed by atoms with Gasteiger partial charge in [0.25, 0.3) is 5.56 Å². The lowest BCUT2D eigenvalue weighted by Crippen LogP contribution is -2.28. The van der Waals surface area contributed by atoms with Crippen LogP contribution in [0.5, 0.6) is 0 Å². The van der Waals surface area contributed by atoms with Crippen molar-refractivity contribution in [2.24, 2.45) is 0 Å². The van der Waals surface area contributed by atoms with Crippen LogP contribution in [-0.2, 0) is 11.3 Å². The number of H-pyrrole nitrogens is 1. The third-order valence-electron chi connectivity index (χ3n) is 4.90. The molecule has 0 fully saturated rings. The van der Waals surface area contributed by atoms with E-state index in [1.54, 1.807) is 29.2 Å². The zero-order valence-electron chi connectivity index (χ0n) is 14.8. The second-order valence-corrected chi connectivity index (χ2v) is 6.70. The molecule has 138 valence electrons. The summed E-state index contributed by atoms with van der Waals surface area (Å²) in [7, 11) is 0. The van der Waals surface area contributed by atoms with Crippen LogP contribution < -0.4 is 10.9 Å². The minimum absolute atomic E-state index is 0.0527.